The average molecular weight is 194 g/mol. The first-order valence-corrected chi connectivity index (χ1v) is 5.12. The quantitative estimate of drug-likeness (QED) is 0.718. The first-order valence-electron chi connectivity index (χ1n) is 5.12. The summed E-state index contributed by atoms with van der Waals surface area (Å²) in [5, 5.41) is 4.55. The van der Waals surface area contributed by atoms with E-state index in [1.807, 2.05) is 4.68 Å². The molecular weight excluding hydrogens is 176 g/mol. The summed E-state index contributed by atoms with van der Waals surface area (Å²) in [6.45, 7) is 6.08. The van der Waals surface area contributed by atoms with Crippen molar-refractivity contribution in [2.45, 2.75) is 32.4 Å². The van der Waals surface area contributed by atoms with Gasteiger partial charge in [0.1, 0.15) is 5.82 Å². The predicted octanol–water partition coefficient (Wildman–Crippen LogP) is 0.784. The molecular formula is C10H18N4. The van der Waals surface area contributed by atoms with Crippen LogP contribution in [0, 0.1) is 0 Å². The Hall–Kier alpha value is -1.03. The van der Waals surface area contributed by atoms with Crippen LogP contribution in [-0.4, -0.2) is 29.4 Å². The van der Waals surface area contributed by atoms with Crippen molar-refractivity contribution in [1.29, 1.82) is 0 Å². The zero-order valence-corrected chi connectivity index (χ0v) is 9.07. The fraction of sp³-hybridized carbons (Fsp3) is 0.700. The van der Waals surface area contributed by atoms with Gasteiger partial charge in [0.25, 0.3) is 0 Å². The molecule has 1 aliphatic heterocycles. The molecule has 0 fully saturated rings. The minimum absolute atomic E-state index is 0.201. The van der Waals surface area contributed by atoms with Crippen molar-refractivity contribution in [1.82, 2.24) is 9.78 Å². The van der Waals surface area contributed by atoms with Gasteiger partial charge < -0.3 is 10.6 Å². The second kappa shape index (κ2) is 3.28. The molecule has 0 bridgehead atoms. The van der Waals surface area contributed by atoms with E-state index in [0.717, 1.165) is 18.8 Å². The first-order chi connectivity index (χ1) is 6.58. The van der Waals surface area contributed by atoms with E-state index in [1.165, 1.54) is 5.82 Å². The van der Waals surface area contributed by atoms with Gasteiger partial charge in [-0.2, -0.15) is 5.10 Å². The molecule has 2 rings (SSSR count). The summed E-state index contributed by atoms with van der Waals surface area (Å²) in [5.74, 6) is 1.67. The molecule has 1 aromatic heterocycles. The number of hydrogen-bond acceptors (Lipinski definition) is 3. The second-order valence-electron chi connectivity index (χ2n) is 4.40. The summed E-state index contributed by atoms with van der Waals surface area (Å²) >= 11 is 0. The third kappa shape index (κ3) is 1.50. The number of fused-ring (bicyclic) bond motifs is 1. The van der Waals surface area contributed by atoms with Crippen molar-refractivity contribution in [3.63, 3.8) is 0 Å². The highest BCUT2D eigenvalue weighted by molar-refractivity contribution is 5.42. The van der Waals surface area contributed by atoms with Gasteiger partial charge in [0.2, 0.25) is 0 Å². The van der Waals surface area contributed by atoms with E-state index in [1.54, 1.807) is 0 Å². The summed E-state index contributed by atoms with van der Waals surface area (Å²) < 4.78 is 2.02. The third-order valence-electron chi connectivity index (χ3n) is 2.68. The largest absolute Gasteiger partial charge is 0.358 e. The Morgan fingerprint density at radius 2 is 2.21 bits per heavy atom. The zero-order valence-electron chi connectivity index (χ0n) is 9.07. The van der Waals surface area contributed by atoms with Crippen LogP contribution < -0.4 is 10.6 Å². The minimum atomic E-state index is 0.201. The Labute approximate surface area is 84.7 Å². The third-order valence-corrected chi connectivity index (χ3v) is 2.68. The van der Waals surface area contributed by atoms with Crippen LogP contribution in [0.4, 0.5) is 5.82 Å². The van der Waals surface area contributed by atoms with E-state index in [2.05, 4.69) is 37.0 Å². The van der Waals surface area contributed by atoms with E-state index in [0.29, 0.717) is 5.92 Å². The van der Waals surface area contributed by atoms with E-state index in [4.69, 9.17) is 5.73 Å². The molecule has 1 unspecified atom stereocenters. The molecule has 1 atom stereocenters. The highest BCUT2D eigenvalue weighted by Gasteiger charge is 2.21. The Morgan fingerprint density at radius 3 is 2.86 bits per heavy atom. The van der Waals surface area contributed by atoms with E-state index in [9.17, 15) is 0 Å². The minimum Gasteiger partial charge on any atom is -0.358 e. The lowest BCUT2D eigenvalue weighted by molar-refractivity contribution is 0.467. The van der Waals surface area contributed by atoms with Gasteiger partial charge in [-0.25, -0.2) is 4.68 Å². The van der Waals surface area contributed by atoms with Crippen LogP contribution in [0.5, 0.6) is 0 Å². The lowest BCUT2D eigenvalue weighted by atomic mass is 10.1. The lowest BCUT2D eigenvalue weighted by Crippen LogP contribution is -2.44. The molecule has 1 aromatic rings. The molecule has 0 radical (unpaired) electrons. The van der Waals surface area contributed by atoms with Crippen LogP contribution in [0.1, 0.15) is 25.5 Å². The molecule has 4 heteroatoms. The van der Waals surface area contributed by atoms with Crippen molar-refractivity contribution in [3.05, 3.63) is 11.8 Å². The molecule has 2 heterocycles. The van der Waals surface area contributed by atoms with Crippen molar-refractivity contribution in [2.24, 2.45) is 5.73 Å². The van der Waals surface area contributed by atoms with Crippen LogP contribution in [0.2, 0.25) is 0 Å². The second-order valence-corrected chi connectivity index (χ2v) is 4.40. The van der Waals surface area contributed by atoms with Gasteiger partial charge in [0.15, 0.2) is 0 Å². The SMILES string of the molecule is CC(C)c1cc2n(n1)CC(N)CN2C. The van der Waals surface area contributed by atoms with Crippen LogP contribution >= 0.6 is 0 Å². The molecule has 0 saturated carbocycles. The van der Waals surface area contributed by atoms with Gasteiger partial charge in [0.05, 0.1) is 12.2 Å². The van der Waals surface area contributed by atoms with Crippen molar-refractivity contribution >= 4 is 5.82 Å². The number of nitrogens with two attached hydrogens (primary N) is 1. The zero-order chi connectivity index (χ0) is 10.3. The molecule has 0 spiro atoms. The molecule has 78 valence electrons. The maximum Gasteiger partial charge on any atom is 0.126 e. The average Bonchev–Trinajstić information content (AvgIpc) is 2.47. The number of rotatable bonds is 1. The molecule has 4 nitrogen and oxygen atoms in total. The molecule has 0 aliphatic carbocycles. The van der Waals surface area contributed by atoms with Gasteiger partial charge >= 0.3 is 0 Å². The maximum atomic E-state index is 5.92. The molecule has 2 N–H and O–H groups in total. The number of likely N-dealkylation sites (N-methyl/N-ethyl adjacent to an activating group) is 1. The van der Waals surface area contributed by atoms with Crippen LogP contribution in [-0.2, 0) is 6.54 Å². The number of hydrogen-bond donors (Lipinski definition) is 1. The van der Waals surface area contributed by atoms with Gasteiger partial charge in [-0.15, -0.1) is 0 Å². The fourth-order valence-corrected chi connectivity index (χ4v) is 1.88. The molecule has 0 saturated heterocycles. The smallest absolute Gasteiger partial charge is 0.126 e. The van der Waals surface area contributed by atoms with E-state index < -0.39 is 0 Å². The highest BCUT2D eigenvalue weighted by atomic mass is 15.4. The normalized spacial score (nSPS) is 21.5. The van der Waals surface area contributed by atoms with E-state index >= 15 is 0 Å². The summed E-state index contributed by atoms with van der Waals surface area (Å²) in [7, 11) is 2.07. The monoisotopic (exact) mass is 194 g/mol. The van der Waals surface area contributed by atoms with Gasteiger partial charge in [-0.1, -0.05) is 13.8 Å². The summed E-state index contributed by atoms with van der Waals surface area (Å²) in [4.78, 5) is 2.17. The lowest BCUT2D eigenvalue weighted by Gasteiger charge is -2.29. The summed E-state index contributed by atoms with van der Waals surface area (Å²) in [6.07, 6.45) is 0. The topological polar surface area (TPSA) is 47.1 Å². The van der Waals surface area contributed by atoms with Crippen molar-refractivity contribution < 1.29 is 0 Å². The molecule has 1 aliphatic rings. The first kappa shape index (κ1) is 9.52. The van der Waals surface area contributed by atoms with Crippen LogP contribution in [0.25, 0.3) is 0 Å². The van der Waals surface area contributed by atoms with Gasteiger partial charge in [-0.3, -0.25) is 0 Å². The predicted molar refractivity (Wildman–Crippen MR) is 57.6 cm³/mol. The van der Waals surface area contributed by atoms with Gasteiger partial charge in [0, 0.05) is 25.7 Å². The van der Waals surface area contributed by atoms with Gasteiger partial charge in [-0.05, 0) is 5.92 Å². The van der Waals surface area contributed by atoms with E-state index in [-0.39, 0.29) is 6.04 Å². The Morgan fingerprint density at radius 1 is 1.50 bits per heavy atom. The highest BCUT2D eigenvalue weighted by Crippen LogP contribution is 2.23. The maximum absolute atomic E-state index is 5.92. The Bertz CT molecular complexity index is 329. The molecule has 14 heavy (non-hydrogen) atoms. The van der Waals surface area contributed by atoms with Crippen LogP contribution in [0.3, 0.4) is 0 Å². The molecule has 0 aromatic carbocycles. The standard InChI is InChI=1S/C10H18N4/c1-7(2)9-4-10-13(3)5-8(11)6-14(10)12-9/h4,7-8H,5-6,11H2,1-3H3. The Kier molecular flexibility index (Phi) is 2.23. The molecule has 0 amide bonds. The van der Waals surface area contributed by atoms with Crippen LogP contribution in [0.15, 0.2) is 6.07 Å². The fourth-order valence-electron chi connectivity index (χ4n) is 1.88. The number of anilines is 1. The number of nitrogens with zero attached hydrogens (tertiary/aromatic N) is 3. The van der Waals surface area contributed by atoms with Crippen molar-refractivity contribution in [2.75, 3.05) is 18.5 Å². The Balaban J connectivity index is 2.35. The number of aromatic nitrogens is 2. The summed E-state index contributed by atoms with van der Waals surface area (Å²) in [6, 6.07) is 2.36. The van der Waals surface area contributed by atoms with Crippen molar-refractivity contribution in [3.8, 4) is 0 Å². The summed E-state index contributed by atoms with van der Waals surface area (Å²) in [5.41, 5.74) is 7.08.